The number of thioether (sulfide) groups is 1. The lowest BCUT2D eigenvalue weighted by Crippen LogP contribution is -2.59. The van der Waals surface area contributed by atoms with Crippen LogP contribution in [0.3, 0.4) is 0 Å². The zero-order valence-corrected chi connectivity index (χ0v) is 12.3. The molecule has 0 spiro atoms. The molecule has 0 aromatic rings. The molecule has 2 aliphatic rings. The Kier molecular flexibility index (Phi) is 4.40. The van der Waals surface area contributed by atoms with Crippen LogP contribution in [0.2, 0.25) is 0 Å². The van der Waals surface area contributed by atoms with Crippen LogP contribution in [0.5, 0.6) is 0 Å². The molecule has 5 nitrogen and oxygen atoms in total. The summed E-state index contributed by atoms with van der Waals surface area (Å²) >= 11 is 1.58. The highest BCUT2D eigenvalue weighted by molar-refractivity contribution is 8.00. The Morgan fingerprint density at radius 2 is 2.21 bits per heavy atom. The van der Waals surface area contributed by atoms with Gasteiger partial charge in [-0.05, 0) is 32.2 Å². The average molecular weight is 286 g/mol. The van der Waals surface area contributed by atoms with E-state index >= 15 is 0 Å². The summed E-state index contributed by atoms with van der Waals surface area (Å²) in [7, 11) is 0. The van der Waals surface area contributed by atoms with Crippen molar-refractivity contribution < 1.29 is 14.7 Å². The van der Waals surface area contributed by atoms with E-state index in [-0.39, 0.29) is 11.3 Å². The van der Waals surface area contributed by atoms with Crippen molar-refractivity contribution >= 4 is 23.6 Å². The van der Waals surface area contributed by atoms with E-state index in [1.54, 1.807) is 16.7 Å². The van der Waals surface area contributed by atoms with E-state index in [0.717, 1.165) is 32.2 Å². The van der Waals surface area contributed by atoms with Crippen molar-refractivity contribution in [3.8, 4) is 0 Å². The second kappa shape index (κ2) is 5.71. The van der Waals surface area contributed by atoms with Crippen molar-refractivity contribution in [2.75, 3.05) is 12.3 Å². The first-order valence-corrected chi connectivity index (χ1v) is 8.03. The second-order valence-corrected chi connectivity index (χ2v) is 6.44. The predicted molar refractivity (Wildman–Crippen MR) is 75.1 cm³/mol. The fourth-order valence-corrected chi connectivity index (χ4v) is 4.38. The normalized spacial score (nSPS) is 34.7. The average Bonchev–Trinajstić information content (AvgIpc) is 3.04. The monoisotopic (exact) mass is 286 g/mol. The topological polar surface area (TPSA) is 69.6 Å². The second-order valence-electron chi connectivity index (χ2n) is 5.23. The molecule has 2 saturated heterocycles. The van der Waals surface area contributed by atoms with E-state index in [2.05, 4.69) is 5.32 Å². The molecular formula is C13H22N2O3S. The van der Waals surface area contributed by atoms with Crippen molar-refractivity contribution in [2.45, 2.75) is 56.5 Å². The summed E-state index contributed by atoms with van der Waals surface area (Å²) in [4.78, 5) is 25.8. The van der Waals surface area contributed by atoms with Crippen LogP contribution in [0.25, 0.3) is 0 Å². The minimum Gasteiger partial charge on any atom is -0.480 e. The van der Waals surface area contributed by atoms with Gasteiger partial charge in [-0.3, -0.25) is 4.79 Å². The minimum absolute atomic E-state index is 0.000532. The Balaban J connectivity index is 2.25. The van der Waals surface area contributed by atoms with E-state index in [9.17, 15) is 14.7 Å². The van der Waals surface area contributed by atoms with E-state index in [4.69, 9.17) is 0 Å². The number of rotatable bonds is 4. The van der Waals surface area contributed by atoms with Gasteiger partial charge in [0.1, 0.15) is 6.04 Å². The Morgan fingerprint density at radius 3 is 2.68 bits per heavy atom. The van der Waals surface area contributed by atoms with Gasteiger partial charge < -0.3 is 15.3 Å². The summed E-state index contributed by atoms with van der Waals surface area (Å²) in [5, 5.41) is 12.6. The van der Waals surface area contributed by atoms with Crippen molar-refractivity contribution in [1.82, 2.24) is 10.2 Å². The molecule has 3 atom stereocenters. The maximum absolute atomic E-state index is 12.9. The fourth-order valence-electron chi connectivity index (χ4n) is 3.03. The number of nitrogens with zero attached hydrogens (tertiary/aromatic N) is 1. The zero-order chi connectivity index (χ0) is 14.0. The zero-order valence-electron chi connectivity index (χ0n) is 11.5. The number of carboxylic acids is 1. The molecule has 2 N–H and O–H groups in total. The van der Waals surface area contributed by atoms with E-state index in [0.29, 0.717) is 5.75 Å². The van der Waals surface area contributed by atoms with Crippen LogP contribution in [-0.4, -0.2) is 51.1 Å². The summed E-state index contributed by atoms with van der Waals surface area (Å²) in [6.07, 6.45) is 3.30. The van der Waals surface area contributed by atoms with Gasteiger partial charge in [0.05, 0.1) is 10.9 Å². The van der Waals surface area contributed by atoms with Crippen molar-refractivity contribution in [3.05, 3.63) is 0 Å². The molecule has 3 unspecified atom stereocenters. The number of amides is 1. The molecule has 0 bridgehead atoms. The third-order valence-electron chi connectivity index (χ3n) is 4.22. The van der Waals surface area contributed by atoms with Crippen LogP contribution < -0.4 is 5.32 Å². The van der Waals surface area contributed by atoms with Gasteiger partial charge in [0, 0.05) is 5.75 Å². The highest BCUT2D eigenvalue weighted by atomic mass is 32.2. The Hall–Kier alpha value is -0.750. The smallest absolute Gasteiger partial charge is 0.327 e. The largest absolute Gasteiger partial charge is 0.480 e. The van der Waals surface area contributed by atoms with Gasteiger partial charge >= 0.3 is 5.97 Å². The molecule has 19 heavy (non-hydrogen) atoms. The summed E-state index contributed by atoms with van der Waals surface area (Å²) in [5.74, 6) is -0.405. The first kappa shape index (κ1) is 14.7. The van der Waals surface area contributed by atoms with Gasteiger partial charge in [-0.15, -0.1) is 11.8 Å². The van der Waals surface area contributed by atoms with E-state index in [1.807, 2.05) is 13.8 Å². The van der Waals surface area contributed by atoms with Crippen molar-refractivity contribution in [2.24, 2.45) is 0 Å². The molecule has 2 rings (SSSR count). The minimum atomic E-state index is -0.888. The molecule has 2 aliphatic heterocycles. The fraction of sp³-hybridized carbons (Fsp3) is 0.846. The number of hydrogen-bond donors (Lipinski definition) is 2. The summed E-state index contributed by atoms with van der Waals surface area (Å²) < 4.78 is 0. The van der Waals surface area contributed by atoms with Crippen LogP contribution in [0.1, 0.15) is 39.5 Å². The lowest BCUT2D eigenvalue weighted by molar-refractivity contribution is -0.152. The molecule has 0 aliphatic carbocycles. The molecular weight excluding hydrogens is 264 g/mol. The van der Waals surface area contributed by atoms with E-state index < -0.39 is 17.6 Å². The number of carbonyl (C=O) groups excluding carboxylic acids is 1. The third-order valence-corrected chi connectivity index (χ3v) is 5.67. The van der Waals surface area contributed by atoms with Crippen molar-refractivity contribution in [3.63, 3.8) is 0 Å². The molecule has 6 heteroatoms. The highest BCUT2D eigenvalue weighted by Crippen LogP contribution is 2.36. The van der Waals surface area contributed by atoms with E-state index in [1.165, 1.54) is 0 Å². The summed E-state index contributed by atoms with van der Waals surface area (Å²) in [6, 6.07) is -0.673. The van der Waals surface area contributed by atoms with Crippen LogP contribution in [0, 0.1) is 0 Å². The Labute approximate surface area is 118 Å². The standard InChI is InChI=1S/C13H22N2O3S/c1-3-10-15(9(8-19-10)11(16)17)12(18)13(4-2)6-5-7-14-13/h9-10,14H,3-8H2,1-2H3,(H,16,17). The van der Waals surface area contributed by atoms with Crippen LogP contribution in [-0.2, 0) is 9.59 Å². The summed E-state index contributed by atoms with van der Waals surface area (Å²) in [5.41, 5.74) is -0.536. The Morgan fingerprint density at radius 1 is 1.47 bits per heavy atom. The molecule has 2 fully saturated rings. The van der Waals surface area contributed by atoms with Gasteiger partial charge in [-0.25, -0.2) is 4.79 Å². The highest BCUT2D eigenvalue weighted by Gasteiger charge is 2.49. The number of hydrogen-bond acceptors (Lipinski definition) is 4. The molecule has 0 aromatic heterocycles. The molecule has 0 radical (unpaired) electrons. The molecule has 1 amide bonds. The number of carboxylic acid groups (broad SMARTS) is 1. The van der Waals surface area contributed by atoms with Crippen LogP contribution >= 0.6 is 11.8 Å². The maximum Gasteiger partial charge on any atom is 0.327 e. The van der Waals surface area contributed by atoms with Crippen molar-refractivity contribution in [1.29, 1.82) is 0 Å². The predicted octanol–water partition coefficient (Wildman–Crippen LogP) is 1.28. The lowest BCUT2D eigenvalue weighted by atomic mass is 9.91. The van der Waals surface area contributed by atoms with Gasteiger partial charge in [-0.2, -0.15) is 0 Å². The first-order chi connectivity index (χ1) is 9.05. The molecule has 0 aromatic carbocycles. The number of aliphatic carboxylic acids is 1. The number of carbonyl (C=O) groups is 2. The van der Waals surface area contributed by atoms with Gasteiger partial charge in [0.2, 0.25) is 5.91 Å². The quantitative estimate of drug-likeness (QED) is 0.815. The maximum atomic E-state index is 12.9. The first-order valence-electron chi connectivity index (χ1n) is 6.98. The molecule has 0 saturated carbocycles. The number of nitrogens with one attached hydrogen (secondary N) is 1. The lowest BCUT2D eigenvalue weighted by Gasteiger charge is -2.36. The third kappa shape index (κ3) is 2.48. The van der Waals surface area contributed by atoms with Crippen LogP contribution in [0.15, 0.2) is 0 Å². The Bertz CT molecular complexity index is 369. The molecule has 2 heterocycles. The summed E-state index contributed by atoms with van der Waals surface area (Å²) in [6.45, 7) is 4.84. The van der Waals surface area contributed by atoms with Crippen LogP contribution in [0.4, 0.5) is 0 Å². The van der Waals surface area contributed by atoms with Gasteiger partial charge in [-0.1, -0.05) is 13.8 Å². The SMILES string of the molecule is CCC1SCC(C(=O)O)N1C(=O)C1(CC)CCCN1. The van der Waals surface area contributed by atoms with Gasteiger partial charge in [0.25, 0.3) is 0 Å². The van der Waals surface area contributed by atoms with Gasteiger partial charge in [0.15, 0.2) is 0 Å². The molecule has 108 valence electrons.